The fourth-order valence-corrected chi connectivity index (χ4v) is 9.10. The lowest BCUT2D eigenvalue weighted by molar-refractivity contribution is -0.140. The summed E-state index contributed by atoms with van der Waals surface area (Å²) in [6.07, 6.45) is 24.9. The Labute approximate surface area is 330 Å². The molecule has 2 saturated heterocycles. The third kappa shape index (κ3) is 12.1. The summed E-state index contributed by atoms with van der Waals surface area (Å²) in [5, 5.41) is 3.50. The molecule has 0 saturated carbocycles. The van der Waals surface area contributed by atoms with Gasteiger partial charge in [0.15, 0.2) is 17.9 Å². The van der Waals surface area contributed by atoms with Gasteiger partial charge in [0.2, 0.25) is 0 Å². The zero-order valence-electron chi connectivity index (χ0n) is 34.0. The topological polar surface area (TPSA) is 186 Å². The van der Waals surface area contributed by atoms with Crippen molar-refractivity contribution < 1.29 is 19.1 Å². The number of hydrogen-bond acceptors (Lipinski definition) is 11. The summed E-state index contributed by atoms with van der Waals surface area (Å²) in [6.45, 7) is 6.36. The van der Waals surface area contributed by atoms with Crippen molar-refractivity contribution in [2.75, 3.05) is 26.3 Å². The molecule has 2 fully saturated rings. The molecule has 0 aliphatic carbocycles. The molecule has 0 aromatic heterocycles. The van der Waals surface area contributed by atoms with Crippen molar-refractivity contribution in [3.8, 4) is 0 Å². The summed E-state index contributed by atoms with van der Waals surface area (Å²) >= 11 is 0. The number of ether oxygens (including phenoxy) is 2. The number of allylic oxidation sites excluding steroid dienone is 2. The molecular weight excluding hydrogens is 695 g/mol. The Morgan fingerprint density at radius 2 is 1.45 bits per heavy atom. The molecule has 4 atom stereocenters. The first-order valence-corrected chi connectivity index (χ1v) is 21.9. The zero-order valence-corrected chi connectivity index (χ0v) is 34.0. The second-order valence-corrected chi connectivity index (χ2v) is 16.2. The lowest BCUT2D eigenvalue weighted by Gasteiger charge is -2.42. The van der Waals surface area contributed by atoms with Crippen molar-refractivity contribution in [1.29, 1.82) is 0 Å². The summed E-state index contributed by atoms with van der Waals surface area (Å²) in [6, 6.07) is 0.665. The number of nitrogens with zero attached hydrogens (tertiary/aromatic N) is 5. The van der Waals surface area contributed by atoms with Crippen LogP contribution in [-0.4, -0.2) is 90.1 Å². The second-order valence-electron chi connectivity index (χ2n) is 16.2. The molecule has 0 radical (unpaired) electrons. The fourth-order valence-electron chi connectivity index (χ4n) is 9.10. The van der Waals surface area contributed by atoms with Crippen LogP contribution in [0.4, 0.5) is 0 Å². The number of fused-ring (bicyclic) bond motifs is 1. The minimum absolute atomic E-state index is 0.0738. The molecule has 0 amide bonds. The molecule has 13 heteroatoms. The summed E-state index contributed by atoms with van der Waals surface area (Å²) in [5.41, 5.74) is 20.5. The number of carbonyl (C=O) groups is 2. The van der Waals surface area contributed by atoms with Gasteiger partial charge in [-0.15, -0.1) is 0 Å². The molecule has 0 spiro atoms. The first kappa shape index (κ1) is 42.4. The van der Waals surface area contributed by atoms with Gasteiger partial charge in [-0.05, 0) is 71.1 Å². The van der Waals surface area contributed by atoms with Crippen molar-refractivity contribution in [1.82, 2.24) is 15.1 Å². The predicted molar refractivity (Wildman–Crippen MR) is 220 cm³/mol. The van der Waals surface area contributed by atoms with Gasteiger partial charge in [-0.3, -0.25) is 4.99 Å². The molecule has 7 N–H and O–H groups in total. The van der Waals surface area contributed by atoms with Crippen LogP contribution in [0.3, 0.4) is 0 Å². The van der Waals surface area contributed by atoms with E-state index in [0.29, 0.717) is 49.8 Å². The molecule has 5 heterocycles. The lowest BCUT2D eigenvalue weighted by atomic mass is 9.96. The van der Waals surface area contributed by atoms with Gasteiger partial charge in [0.25, 0.3) is 0 Å². The highest BCUT2D eigenvalue weighted by atomic mass is 16.5. The van der Waals surface area contributed by atoms with Crippen LogP contribution < -0.4 is 22.5 Å². The van der Waals surface area contributed by atoms with E-state index in [1.165, 1.54) is 51.4 Å². The van der Waals surface area contributed by atoms with E-state index in [9.17, 15) is 9.59 Å². The smallest absolute Gasteiger partial charge is 0.337 e. The quantitative estimate of drug-likeness (QED) is 0.0357. The van der Waals surface area contributed by atoms with Crippen LogP contribution in [0.5, 0.6) is 0 Å². The largest absolute Gasteiger partial charge is 0.462 e. The van der Waals surface area contributed by atoms with Gasteiger partial charge < -0.3 is 41.8 Å². The highest BCUT2D eigenvalue weighted by Gasteiger charge is 2.46. The van der Waals surface area contributed by atoms with Crippen molar-refractivity contribution >= 4 is 29.8 Å². The van der Waals surface area contributed by atoms with Gasteiger partial charge in [-0.25, -0.2) is 19.6 Å². The maximum Gasteiger partial charge on any atom is 0.337 e. The fraction of sp³-hybridized carbons (Fsp3) is 0.786. The van der Waals surface area contributed by atoms with E-state index in [4.69, 9.17) is 36.7 Å². The van der Waals surface area contributed by atoms with Gasteiger partial charge in [-0.2, -0.15) is 0 Å². The van der Waals surface area contributed by atoms with Crippen LogP contribution in [0.1, 0.15) is 162 Å². The van der Waals surface area contributed by atoms with Crippen molar-refractivity contribution in [3.63, 3.8) is 0 Å². The number of nitrogens with one attached hydrogen (secondary N) is 1. The van der Waals surface area contributed by atoms with Crippen LogP contribution in [0.15, 0.2) is 37.5 Å². The average molecular weight is 766 g/mol. The van der Waals surface area contributed by atoms with E-state index in [-0.39, 0.29) is 30.0 Å². The third-order valence-corrected chi connectivity index (χ3v) is 12.0. The molecule has 308 valence electrons. The molecule has 0 aromatic rings. The molecule has 5 rings (SSSR count). The van der Waals surface area contributed by atoms with Crippen molar-refractivity contribution in [2.45, 2.75) is 186 Å². The molecule has 0 aromatic carbocycles. The van der Waals surface area contributed by atoms with Crippen LogP contribution in [0, 0.1) is 0 Å². The Bertz CT molecular complexity index is 1440. The molecule has 5 aliphatic heterocycles. The average Bonchev–Trinajstić information content (AvgIpc) is 3.82. The summed E-state index contributed by atoms with van der Waals surface area (Å²) in [7, 11) is 0. The highest BCUT2D eigenvalue weighted by Crippen LogP contribution is 2.39. The minimum Gasteiger partial charge on any atom is -0.462 e. The van der Waals surface area contributed by atoms with Crippen molar-refractivity contribution in [2.24, 2.45) is 32.2 Å². The van der Waals surface area contributed by atoms with E-state index >= 15 is 0 Å². The van der Waals surface area contributed by atoms with Crippen LogP contribution >= 0.6 is 0 Å². The molecule has 55 heavy (non-hydrogen) atoms. The maximum absolute atomic E-state index is 13.3. The van der Waals surface area contributed by atoms with Crippen molar-refractivity contribution in [3.05, 3.63) is 22.5 Å². The van der Waals surface area contributed by atoms with E-state index in [1.807, 2.05) is 11.8 Å². The molecule has 4 unspecified atom stereocenters. The summed E-state index contributed by atoms with van der Waals surface area (Å²) < 4.78 is 11.5. The number of rotatable bonds is 25. The Hall–Kier alpha value is -3.77. The number of esters is 2. The lowest BCUT2D eigenvalue weighted by Crippen LogP contribution is -2.56. The van der Waals surface area contributed by atoms with E-state index in [0.717, 1.165) is 119 Å². The number of aliphatic imine (C=N–C) groups is 3. The molecule has 5 aliphatic rings. The number of nitrogens with two attached hydrogens (primary N) is 3. The number of carbonyl (C=O) groups excluding carboxylic acids is 2. The van der Waals surface area contributed by atoms with Crippen LogP contribution in [-0.2, 0) is 19.1 Å². The highest BCUT2D eigenvalue weighted by molar-refractivity contribution is 5.97. The van der Waals surface area contributed by atoms with Gasteiger partial charge in [0, 0.05) is 30.5 Å². The molecule has 13 nitrogen and oxygen atoms in total. The van der Waals surface area contributed by atoms with E-state index in [1.54, 1.807) is 0 Å². The number of unbranched alkanes of at least 4 members (excludes halogenated alkanes) is 13. The van der Waals surface area contributed by atoms with Gasteiger partial charge in [-0.1, -0.05) is 90.4 Å². The standard InChI is InChI=1S/C42H71N9O4/c1-3-4-5-6-8-11-14-20-31-29-32-23-24-35-36(30(2)47-42(48-31)51(32)35)38(52)54-27-17-13-10-7-9-12-15-21-33-37(34-22-19-26-50(34)41(45)49-33)39(53)55-28-18-16-25-46-40(43)44/h31-33,35H,3-29H2,1-2H3,(H2,45,49)(H,47,48)(H4,43,44,46). The Morgan fingerprint density at radius 3 is 2.16 bits per heavy atom. The van der Waals surface area contributed by atoms with Gasteiger partial charge in [0.1, 0.15) is 0 Å². The Morgan fingerprint density at radius 1 is 0.818 bits per heavy atom. The monoisotopic (exact) mass is 766 g/mol. The summed E-state index contributed by atoms with van der Waals surface area (Å²) in [5.74, 6) is 1.10. The van der Waals surface area contributed by atoms with Gasteiger partial charge >= 0.3 is 11.9 Å². The summed E-state index contributed by atoms with van der Waals surface area (Å²) in [4.78, 5) is 44.8. The molecular formula is C42H71N9O4. The predicted octanol–water partition coefficient (Wildman–Crippen LogP) is 6.27. The number of hydrogen-bond donors (Lipinski definition) is 4. The van der Waals surface area contributed by atoms with Gasteiger partial charge in [0.05, 0.1) is 42.5 Å². The van der Waals surface area contributed by atoms with Crippen LogP contribution in [0.25, 0.3) is 0 Å². The first-order chi connectivity index (χ1) is 26.8. The third-order valence-electron chi connectivity index (χ3n) is 12.0. The number of guanidine groups is 3. The van der Waals surface area contributed by atoms with E-state index < -0.39 is 0 Å². The first-order valence-electron chi connectivity index (χ1n) is 21.9. The maximum atomic E-state index is 13.3. The second kappa shape index (κ2) is 22.1. The normalized spacial score (nSPS) is 22.9. The Kier molecular flexibility index (Phi) is 17.0. The SMILES string of the molecule is CCCCCCCCCC1CC2CCC3C(C(=O)OCCCCCCCCCC4N=C(N)N5CCCC5=C4C(=O)OCCCCN=C(N)N)=C(C)NC(=N1)N23. The van der Waals surface area contributed by atoms with E-state index in [2.05, 4.69) is 22.1 Å². The minimum atomic E-state index is -0.281. The zero-order chi connectivity index (χ0) is 39.0. The van der Waals surface area contributed by atoms with Crippen LogP contribution in [0.2, 0.25) is 0 Å². The Balaban J connectivity index is 0.959. The molecule has 0 bridgehead atoms.